The lowest BCUT2D eigenvalue weighted by Crippen LogP contribution is -2.45. The second kappa shape index (κ2) is 11.1. The summed E-state index contributed by atoms with van der Waals surface area (Å²) in [5.41, 5.74) is 1.62. The Morgan fingerprint density at radius 1 is 1.02 bits per heavy atom. The topological polar surface area (TPSA) is 111 Å². The van der Waals surface area contributed by atoms with Crippen LogP contribution in [0.2, 0.25) is 0 Å². The van der Waals surface area contributed by atoms with Gasteiger partial charge in [-0.05, 0) is 31.9 Å². The van der Waals surface area contributed by atoms with Crippen molar-refractivity contribution in [1.82, 2.24) is 24.4 Å². The number of nitrogens with zero attached hydrogens (tertiary/aromatic N) is 5. The van der Waals surface area contributed by atoms with Crippen LogP contribution in [-0.2, 0) is 13.6 Å². The van der Waals surface area contributed by atoms with Crippen molar-refractivity contribution in [1.29, 1.82) is 0 Å². The van der Waals surface area contributed by atoms with E-state index in [0.717, 1.165) is 43.0 Å². The van der Waals surface area contributed by atoms with Crippen molar-refractivity contribution >= 4 is 39.3 Å². The molecule has 1 saturated heterocycles. The molecule has 0 aliphatic carbocycles. The highest BCUT2D eigenvalue weighted by atomic mass is 16.5. The Labute approximate surface area is 242 Å². The Morgan fingerprint density at radius 2 is 1.74 bits per heavy atom. The van der Waals surface area contributed by atoms with Crippen molar-refractivity contribution < 1.29 is 14.3 Å². The molecule has 10 nitrogen and oxygen atoms in total. The van der Waals surface area contributed by atoms with Crippen molar-refractivity contribution in [2.24, 2.45) is 7.05 Å². The number of carbonyl (C=O) groups is 2. The summed E-state index contributed by atoms with van der Waals surface area (Å²) >= 11 is 0. The number of ether oxygens (including phenoxy) is 1. The number of benzene rings is 2. The molecule has 2 aromatic carbocycles. The molecular weight excluding hydrogens is 532 g/mol. The molecule has 0 atom stereocenters. The Hall–Kier alpha value is -4.99. The number of nitrogens with one attached hydrogen (secondary N) is 1. The predicted octanol–water partition coefficient (Wildman–Crippen LogP) is 3.88. The molecule has 0 radical (unpaired) electrons. The van der Waals surface area contributed by atoms with Gasteiger partial charge < -0.3 is 19.5 Å². The third kappa shape index (κ3) is 4.78. The summed E-state index contributed by atoms with van der Waals surface area (Å²) in [5, 5.41) is 4.20. The first kappa shape index (κ1) is 27.2. The van der Waals surface area contributed by atoms with E-state index >= 15 is 0 Å². The van der Waals surface area contributed by atoms with Crippen molar-refractivity contribution in [3.05, 3.63) is 94.3 Å². The molecule has 0 saturated carbocycles. The average molecular weight is 565 g/mol. The zero-order chi connectivity index (χ0) is 29.4. The minimum atomic E-state index is -0.382. The highest BCUT2D eigenvalue weighted by Gasteiger charge is 2.30. The van der Waals surface area contributed by atoms with E-state index in [-0.39, 0.29) is 46.7 Å². The van der Waals surface area contributed by atoms with Crippen molar-refractivity contribution in [2.75, 3.05) is 25.1 Å². The zero-order valence-electron chi connectivity index (χ0n) is 23.8. The van der Waals surface area contributed by atoms with E-state index in [4.69, 9.17) is 4.74 Å². The number of Topliss-reactive ketones (excluding diaryl/α,β-unsaturated/α-hetero) is 1. The van der Waals surface area contributed by atoms with E-state index in [0.29, 0.717) is 16.6 Å². The number of hydrogen-bond acceptors (Lipinski definition) is 7. The number of aromatic nitrogens is 4. The van der Waals surface area contributed by atoms with Gasteiger partial charge in [0.15, 0.2) is 17.2 Å². The van der Waals surface area contributed by atoms with Gasteiger partial charge in [0, 0.05) is 43.3 Å². The van der Waals surface area contributed by atoms with E-state index in [9.17, 15) is 14.4 Å². The quantitative estimate of drug-likeness (QED) is 0.299. The van der Waals surface area contributed by atoms with Crippen LogP contribution in [0.25, 0.3) is 21.8 Å². The Kier molecular flexibility index (Phi) is 7.20. The molecule has 10 heteroatoms. The molecule has 0 unspecified atom stereocenters. The summed E-state index contributed by atoms with van der Waals surface area (Å²) in [4.78, 5) is 51.8. The van der Waals surface area contributed by atoms with Crippen molar-refractivity contribution in [3.63, 3.8) is 0 Å². The minimum Gasteiger partial charge on any atom is -0.493 e. The molecule has 1 amide bonds. The number of amides is 1. The second-order valence-electron chi connectivity index (χ2n) is 10.6. The number of piperidine rings is 1. The van der Waals surface area contributed by atoms with E-state index in [1.807, 2.05) is 43.3 Å². The molecule has 4 heterocycles. The molecule has 214 valence electrons. The van der Waals surface area contributed by atoms with Crippen LogP contribution in [0.5, 0.6) is 5.75 Å². The van der Waals surface area contributed by atoms with E-state index in [1.165, 1.54) is 11.7 Å². The monoisotopic (exact) mass is 564 g/mol. The number of anilines is 1. The third-order valence-electron chi connectivity index (χ3n) is 7.99. The number of para-hydroxylation sites is 1. The van der Waals surface area contributed by atoms with E-state index < -0.39 is 0 Å². The Bertz CT molecular complexity index is 1870. The number of rotatable bonds is 7. The van der Waals surface area contributed by atoms with Gasteiger partial charge in [0.1, 0.15) is 17.0 Å². The Balaban J connectivity index is 1.34. The molecule has 1 N–H and O–H groups in total. The fraction of sp³-hybridized carbons (Fsp3) is 0.281. The van der Waals surface area contributed by atoms with Crippen LogP contribution >= 0.6 is 0 Å². The van der Waals surface area contributed by atoms with Gasteiger partial charge >= 0.3 is 0 Å². The minimum absolute atomic E-state index is 0.0451. The molecule has 42 heavy (non-hydrogen) atoms. The van der Waals surface area contributed by atoms with Crippen LogP contribution in [0, 0.1) is 6.92 Å². The lowest BCUT2D eigenvalue weighted by atomic mass is 10.0. The summed E-state index contributed by atoms with van der Waals surface area (Å²) in [6.45, 7) is 3.23. The maximum atomic E-state index is 14.0. The number of pyridine rings is 1. The van der Waals surface area contributed by atoms with Gasteiger partial charge in [-0.15, -0.1) is 0 Å². The number of ketones is 1. The van der Waals surface area contributed by atoms with Gasteiger partial charge in [-0.2, -0.15) is 0 Å². The first-order valence-electron chi connectivity index (χ1n) is 14.0. The molecule has 0 bridgehead atoms. The normalized spacial score (nSPS) is 13.9. The second-order valence-corrected chi connectivity index (χ2v) is 10.6. The highest BCUT2D eigenvalue weighted by molar-refractivity contribution is 6.12. The first-order valence-corrected chi connectivity index (χ1v) is 14.0. The van der Waals surface area contributed by atoms with Crippen LogP contribution in [0.1, 0.15) is 39.5 Å². The number of methoxy groups -OCH3 is 1. The van der Waals surface area contributed by atoms with Gasteiger partial charge in [0.25, 0.3) is 11.5 Å². The zero-order valence-corrected chi connectivity index (χ0v) is 23.8. The van der Waals surface area contributed by atoms with Gasteiger partial charge in [0.2, 0.25) is 0 Å². The van der Waals surface area contributed by atoms with Gasteiger partial charge in [-0.3, -0.25) is 19.0 Å². The van der Waals surface area contributed by atoms with Crippen molar-refractivity contribution in [3.8, 4) is 5.75 Å². The SMILES string of the molecule is COc1c(C(=O)NC2CCN(c3ccnc(C)n3)CC2)n(C)c2c1c(=O)n(CC(=O)c1ccccc1)c1ccccc21. The molecule has 3 aromatic heterocycles. The summed E-state index contributed by atoms with van der Waals surface area (Å²) < 4.78 is 8.95. The molecule has 1 fully saturated rings. The summed E-state index contributed by atoms with van der Waals surface area (Å²) in [7, 11) is 3.23. The average Bonchev–Trinajstić information content (AvgIpc) is 3.32. The first-order chi connectivity index (χ1) is 20.4. The number of hydrogen-bond donors (Lipinski definition) is 1. The van der Waals surface area contributed by atoms with E-state index in [2.05, 4.69) is 20.2 Å². The Morgan fingerprint density at radius 3 is 2.45 bits per heavy atom. The summed E-state index contributed by atoms with van der Waals surface area (Å²) in [6, 6.07) is 18.2. The number of carbonyl (C=O) groups excluding carboxylic acids is 2. The van der Waals surface area contributed by atoms with Crippen LogP contribution in [0.3, 0.4) is 0 Å². The predicted molar refractivity (Wildman–Crippen MR) is 161 cm³/mol. The largest absolute Gasteiger partial charge is 0.493 e. The van der Waals surface area contributed by atoms with Crippen LogP contribution < -0.4 is 20.5 Å². The summed E-state index contributed by atoms with van der Waals surface area (Å²) in [6.07, 6.45) is 3.25. The standard InChI is InChI=1S/C32H32N6O4/c1-20-33-16-13-26(34-20)37-17-14-22(15-18-37)35-31(40)29-30(42-3)27-28(36(29)2)23-11-7-8-12-24(23)38(32(27)41)19-25(39)21-9-5-4-6-10-21/h4-13,16,22H,14-15,17-19H2,1-3H3,(H,35,40). The highest BCUT2D eigenvalue weighted by Crippen LogP contribution is 2.35. The maximum absolute atomic E-state index is 14.0. The molecular formula is C32H32N6O4. The fourth-order valence-corrected chi connectivity index (χ4v) is 5.92. The molecule has 5 aromatic rings. The molecule has 0 spiro atoms. The van der Waals surface area contributed by atoms with Gasteiger partial charge in [-0.1, -0.05) is 48.5 Å². The van der Waals surface area contributed by atoms with Gasteiger partial charge in [0.05, 0.1) is 24.7 Å². The number of fused-ring (bicyclic) bond motifs is 3. The van der Waals surface area contributed by atoms with Crippen LogP contribution in [0.4, 0.5) is 5.82 Å². The van der Waals surface area contributed by atoms with Crippen LogP contribution in [0.15, 0.2) is 71.7 Å². The molecule has 1 aliphatic rings. The summed E-state index contributed by atoms with van der Waals surface area (Å²) in [5.74, 6) is 1.32. The van der Waals surface area contributed by atoms with Crippen molar-refractivity contribution in [2.45, 2.75) is 32.4 Å². The maximum Gasteiger partial charge on any atom is 0.272 e. The van der Waals surface area contributed by atoms with Crippen LogP contribution in [-0.4, -0.2) is 57.0 Å². The molecule has 6 rings (SSSR count). The lowest BCUT2D eigenvalue weighted by Gasteiger charge is -2.33. The lowest BCUT2D eigenvalue weighted by molar-refractivity contribution is 0.0918. The number of aryl methyl sites for hydroxylation is 2. The smallest absolute Gasteiger partial charge is 0.272 e. The fourth-order valence-electron chi connectivity index (χ4n) is 5.92. The van der Waals surface area contributed by atoms with E-state index in [1.54, 1.807) is 42.1 Å². The molecule has 1 aliphatic heterocycles. The van der Waals surface area contributed by atoms with Gasteiger partial charge in [-0.25, -0.2) is 9.97 Å². The third-order valence-corrected chi connectivity index (χ3v) is 7.99.